The molecule has 4 rings (SSSR count). The molecule has 0 saturated carbocycles. The number of aromatic hydroxyl groups is 1. The minimum Gasteiger partial charge on any atom is -0.506 e. The molecule has 7 nitrogen and oxygen atoms in total. The topological polar surface area (TPSA) is 77.8 Å². The number of hydrogen-bond acceptors (Lipinski definition) is 5. The van der Waals surface area contributed by atoms with Crippen LogP contribution < -0.4 is 15.8 Å². The van der Waals surface area contributed by atoms with Gasteiger partial charge in [0.05, 0.1) is 5.52 Å². The third kappa shape index (κ3) is 4.71. The van der Waals surface area contributed by atoms with Crippen molar-refractivity contribution < 1.29 is 14.3 Å². The molecule has 0 spiro atoms. The molecule has 0 atom stereocenters. The summed E-state index contributed by atoms with van der Waals surface area (Å²) in [6.07, 6.45) is 0. The number of piperazine rings is 1. The molecular weight excluding hydrogens is 423 g/mol. The fraction of sp³-hybridized carbons (Fsp3) is 0.360. The van der Waals surface area contributed by atoms with Crippen molar-refractivity contribution in [3.8, 4) is 5.75 Å². The molecule has 33 heavy (non-hydrogen) atoms. The Kier molecular flexibility index (Phi) is 6.37. The number of benzene rings is 2. The molecule has 2 heterocycles. The third-order valence-electron chi connectivity index (χ3n) is 5.95. The normalized spacial score (nSPS) is 14.8. The van der Waals surface area contributed by atoms with Gasteiger partial charge < -0.3 is 24.8 Å². The SMILES string of the molecule is CC(C)Cn1c(=O)c(C(=O)Nc2cccc(F)c2)c(O)c2ccc(N3CCN(C)CC3)cc21. The van der Waals surface area contributed by atoms with Gasteiger partial charge in [0.1, 0.15) is 17.1 Å². The molecule has 3 aromatic rings. The van der Waals surface area contributed by atoms with Gasteiger partial charge in [-0.2, -0.15) is 0 Å². The van der Waals surface area contributed by atoms with Gasteiger partial charge in [-0.1, -0.05) is 19.9 Å². The van der Waals surface area contributed by atoms with Crippen LogP contribution in [-0.4, -0.2) is 53.7 Å². The van der Waals surface area contributed by atoms with Gasteiger partial charge in [-0.25, -0.2) is 4.39 Å². The van der Waals surface area contributed by atoms with Gasteiger partial charge in [-0.3, -0.25) is 9.59 Å². The molecule has 0 unspecified atom stereocenters. The van der Waals surface area contributed by atoms with Crippen molar-refractivity contribution >= 4 is 28.2 Å². The average Bonchev–Trinajstić information content (AvgIpc) is 2.77. The van der Waals surface area contributed by atoms with Crippen molar-refractivity contribution in [2.45, 2.75) is 20.4 Å². The number of nitrogens with one attached hydrogen (secondary N) is 1. The number of anilines is 2. The fourth-order valence-electron chi connectivity index (χ4n) is 4.20. The van der Waals surface area contributed by atoms with E-state index in [1.807, 2.05) is 26.0 Å². The number of amides is 1. The first-order valence-electron chi connectivity index (χ1n) is 11.1. The molecule has 2 aromatic carbocycles. The summed E-state index contributed by atoms with van der Waals surface area (Å²) in [7, 11) is 2.09. The lowest BCUT2D eigenvalue weighted by Crippen LogP contribution is -2.44. The smallest absolute Gasteiger partial charge is 0.267 e. The molecule has 174 valence electrons. The minimum atomic E-state index is -0.773. The van der Waals surface area contributed by atoms with Crippen molar-refractivity contribution in [3.05, 3.63) is 64.2 Å². The molecule has 1 saturated heterocycles. The maximum Gasteiger partial charge on any atom is 0.267 e. The van der Waals surface area contributed by atoms with Gasteiger partial charge in [-0.05, 0) is 49.4 Å². The quantitative estimate of drug-likeness (QED) is 0.620. The lowest BCUT2D eigenvalue weighted by atomic mass is 10.1. The lowest BCUT2D eigenvalue weighted by Gasteiger charge is -2.34. The number of pyridine rings is 1. The molecule has 0 radical (unpaired) electrons. The Labute approximate surface area is 192 Å². The zero-order chi connectivity index (χ0) is 23.7. The number of aromatic nitrogens is 1. The first-order valence-corrected chi connectivity index (χ1v) is 11.1. The Hall–Kier alpha value is -3.39. The second-order valence-electron chi connectivity index (χ2n) is 8.99. The number of rotatable bonds is 5. The standard InChI is InChI=1S/C25H29FN4O3/c1-16(2)15-30-21-14-19(29-11-9-28(3)10-12-29)7-8-20(21)23(31)22(25(30)33)24(32)27-18-6-4-5-17(26)13-18/h4-8,13-14,16,31H,9-12,15H2,1-3H3,(H,27,32). The van der Waals surface area contributed by atoms with Crippen molar-refractivity contribution in [2.24, 2.45) is 5.92 Å². The molecule has 1 fully saturated rings. The molecule has 1 amide bonds. The Morgan fingerprint density at radius 1 is 1.12 bits per heavy atom. The van der Waals surface area contributed by atoms with Crippen LogP contribution in [0.5, 0.6) is 5.75 Å². The Balaban J connectivity index is 1.81. The zero-order valence-corrected chi connectivity index (χ0v) is 19.1. The predicted molar refractivity (Wildman–Crippen MR) is 129 cm³/mol. The van der Waals surface area contributed by atoms with E-state index in [0.29, 0.717) is 17.4 Å². The van der Waals surface area contributed by atoms with Crippen LogP contribution in [0.15, 0.2) is 47.3 Å². The second-order valence-corrected chi connectivity index (χ2v) is 8.99. The number of likely N-dealkylation sites (N-methyl/N-ethyl adjacent to an activating group) is 1. The van der Waals surface area contributed by atoms with Crippen LogP contribution in [0.4, 0.5) is 15.8 Å². The van der Waals surface area contributed by atoms with E-state index in [4.69, 9.17) is 0 Å². The molecule has 1 aliphatic heterocycles. The Bertz CT molecular complexity index is 1250. The minimum absolute atomic E-state index is 0.141. The van der Waals surface area contributed by atoms with Crippen LogP contribution in [0.1, 0.15) is 24.2 Å². The maximum atomic E-state index is 13.5. The van der Waals surface area contributed by atoms with Gasteiger partial charge in [0.2, 0.25) is 0 Å². The average molecular weight is 453 g/mol. The van der Waals surface area contributed by atoms with E-state index in [1.165, 1.54) is 18.2 Å². The zero-order valence-electron chi connectivity index (χ0n) is 19.1. The third-order valence-corrected chi connectivity index (χ3v) is 5.95. The van der Waals surface area contributed by atoms with E-state index in [9.17, 15) is 19.1 Å². The van der Waals surface area contributed by atoms with Crippen LogP contribution in [0.3, 0.4) is 0 Å². The van der Waals surface area contributed by atoms with Gasteiger partial charge in [0.25, 0.3) is 11.5 Å². The molecule has 0 aliphatic carbocycles. The Morgan fingerprint density at radius 3 is 2.52 bits per heavy atom. The van der Waals surface area contributed by atoms with E-state index in [-0.39, 0.29) is 22.9 Å². The van der Waals surface area contributed by atoms with Crippen molar-refractivity contribution in [2.75, 3.05) is 43.4 Å². The summed E-state index contributed by atoms with van der Waals surface area (Å²) < 4.78 is 15.1. The predicted octanol–water partition coefficient (Wildman–Crippen LogP) is 3.51. The number of carbonyl (C=O) groups excluding carboxylic acids is 1. The monoisotopic (exact) mass is 452 g/mol. The lowest BCUT2D eigenvalue weighted by molar-refractivity contribution is 0.102. The summed E-state index contributed by atoms with van der Waals surface area (Å²) >= 11 is 0. The van der Waals surface area contributed by atoms with Gasteiger partial charge in [0, 0.05) is 49.5 Å². The molecular formula is C25H29FN4O3. The highest BCUT2D eigenvalue weighted by Crippen LogP contribution is 2.31. The van der Waals surface area contributed by atoms with Crippen LogP contribution in [0.2, 0.25) is 0 Å². The van der Waals surface area contributed by atoms with Crippen LogP contribution in [-0.2, 0) is 6.54 Å². The summed E-state index contributed by atoms with van der Waals surface area (Å²) in [6, 6.07) is 11.0. The summed E-state index contributed by atoms with van der Waals surface area (Å²) in [4.78, 5) is 30.9. The highest BCUT2D eigenvalue weighted by Gasteiger charge is 2.24. The van der Waals surface area contributed by atoms with Gasteiger partial charge in [0.15, 0.2) is 0 Å². The van der Waals surface area contributed by atoms with Crippen LogP contribution in [0, 0.1) is 11.7 Å². The largest absolute Gasteiger partial charge is 0.506 e. The van der Waals surface area contributed by atoms with Gasteiger partial charge in [-0.15, -0.1) is 0 Å². The fourth-order valence-corrected chi connectivity index (χ4v) is 4.20. The van der Waals surface area contributed by atoms with Crippen molar-refractivity contribution in [1.29, 1.82) is 0 Å². The highest BCUT2D eigenvalue weighted by atomic mass is 19.1. The molecule has 0 bridgehead atoms. The molecule has 8 heteroatoms. The molecule has 1 aliphatic rings. The van der Waals surface area contributed by atoms with E-state index in [1.54, 1.807) is 10.6 Å². The highest BCUT2D eigenvalue weighted by molar-refractivity contribution is 6.09. The number of halogens is 1. The number of carbonyl (C=O) groups is 1. The summed E-state index contributed by atoms with van der Waals surface area (Å²) in [6.45, 7) is 8.00. The van der Waals surface area contributed by atoms with E-state index in [2.05, 4.69) is 22.2 Å². The maximum absolute atomic E-state index is 13.5. The molecule has 1 aromatic heterocycles. The number of nitrogens with zero attached hydrogens (tertiary/aromatic N) is 3. The first kappa shape index (κ1) is 22.8. The van der Waals surface area contributed by atoms with E-state index in [0.717, 1.165) is 37.9 Å². The number of hydrogen-bond donors (Lipinski definition) is 2. The van der Waals surface area contributed by atoms with Crippen LogP contribution in [0.25, 0.3) is 10.9 Å². The van der Waals surface area contributed by atoms with Crippen molar-refractivity contribution in [1.82, 2.24) is 9.47 Å². The summed E-state index contributed by atoms with van der Waals surface area (Å²) in [5, 5.41) is 13.9. The summed E-state index contributed by atoms with van der Waals surface area (Å²) in [5.41, 5.74) is 0.853. The second kappa shape index (κ2) is 9.23. The summed E-state index contributed by atoms with van der Waals surface area (Å²) in [5.74, 6) is -1.51. The van der Waals surface area contributed by atoms with Gasteiger partial charge >= 0.3 is 0 Å². The van der Waals surface area contributed by atoms with E-state index < -0.39 is 17.3 Å². The van der Waals surface area contributed by atoms with Crippen molar-refractivity contribution in [3.63, 3.8) is 0 Å². The first-order chi connectivity index (χ1) is 15.7. The van der Waals surface area contributed by atoms with E-state index >= 15 is 0 Å². The van der Waals surface area contributed by atoms with Crippen LogP contribution >= 0.6 is 0 Å². The molecule has 2 N–H and O–H groups in total. The Morgan fingerprint density at radius 2 is 1.85 bits per heavy atom. The number of fused-ring (bicyclic) bond motifs is 1.